The van der Waals surface area contributed by atoms with Gasteiger partial charge >= 0.3 is 11.8 Å². The van der Waals surface area contributed by atoms with Crippen LogP contribution in [-0.4, -0.2) is 30.1 Å². The van der Waals surface area contributed by atoms with Gasteiger partial charge in [-0.2, -0.15) is 0 Å². The van der Waals surface area contributed by atoms with Gasteiger partial charge in [0.15, 0.2) is 0 Å². The quantitative estimate of drug-likeness (QED) is 0.705. The number of aliphatic hydroxyl groups excluding tert-OH is 1. The average Bonchev–Trinajstić information content (AvgIpc) is 2.46. The van der Waals surface area contributed by atoms with Crippen LogP contribution in [0, 0.1) is 12.3 Å². The highest BCUT2D eigenvalue weighted by molar-refractivity contribution is 6.39. The molecule has 0 radical (unpaired) electrons. The summed E-state index contributed by atoms with van der Waals surface area (Å²) < 4.78 is 0. The lowest BCUT2D eigenvalue weighted by atomic mass is 9.90. The summed E-state index contributed by atoms with van der Waals surface area (Å²) in [4.78, 5) is 24.1. The zero-order chi connectivity index (χ0) is 17.6. The minimum absolute atomic E-state index is 0.0516. The molecule has 0 bridgehead atoms. The van der Waals surface area contributed by atoms with Crippen molar-refractivity contribution >= 4 is 17.5 Å². The molecule has 0 aromatic heterocycles. The molecule has 0 fully saturated rings. The molecule has 3 N–H and O–H groups in total. The lowest BCUT2D eigenvalue weighted by molar-refractivity contribution is -0.136. The predicted octanol–water partition coefficient (Wildman–Crippen LogP) is 2.58. The van der Waals surface area contributed by atoms with Gasteiger partial charge in [-0.1, -0.05) is 45.9 Å². The maximum Gasteiger partial charge on any atom is 0.313 e. The smallest absolute Gasteiger partial charge is 0.313 e. The fourth-order valence-corrected chi connectivity index (χ4v) is 2.30. The van der Waals surface area contributed by atoms with Crippen molar-refractivity contribution < 1.29 is 14.7 Å². The number of aryl methyl sites for hydroxylation is 1. The van der Waals surface area contributed by atoms with Crippen molar-refractivity contribution in [2.75, 3.05) is 18.5 Å². The number of para-hydroxylation sites is 1. The third kappa shape index (κ3) is 5.67. The van der Waals surface area contributed by atoms with Crippen LogP contribution >= 0.6 is 0 Å². The van der Waals surface area contributed by atoms with E-state index in [9.17, 15) is 9.59 Å². The molecule has 5 nitrogen and oxygen atoms in total. The Balaban J connectivity index is 2.75. The highest BCUT2D eigenvalue weighted by Crippen LogP contribution is 2.27. The van der Waals surface area contributed by atoms with Crippen LogP contribution in [0.2, 0.25) is 0 Å². The van der Waals surface area contributed by atoms with E-state index in [1.807, 2.05) is 52.8 Å². The number of hydrogen-bond donors (Lipinski definition) is 3. The summed E-state index contributed by atoms with van der Waals surface area (Å²) in [6.07, 6.45) is 0.560. The largest absolute Gasteiger partial charge is 0.396 e. The maximum atomic E-state index is 12.1. The zero-order valence-corrected chi connectivity index (χ0v) is 14.7. The summed E-state index contributed by atoms with van der Waals surface area (Å²) in [6, 6.07) is 5.80. The van der Waals surface area contributed by atoms with Crippen molar-refractivity contribution in [3.05, 3.63) is 29.3 Å². The fraction of sp³-hybridized carbons (Fsp3) is 0.556. The molecule has 0 saturated heterocycles. The molecule has 128 valence electrons. The molecule has 1 rings (SSSR count). The second-order valence-electron chi connectivity index (χ2n) is 6.97. The normalized spacial score (nSPS) is 11.4. The van der Waals surface area contributed by atoms with Crippen LogP contribution in [0.1, 0.15) is 51.2 Å². The summed E-state index contributed by atoms with van der Waals surface area (Å²) in [6.45, 7) is 10.2. The molecule has 0 aliphatic heterocycles. The molecule has 0 aliphatic carbocycles. The number of aliphatic hydroxyl groups is 1. The second kappa shape index (κ2) is 8.11. The van der Waals surface area contributed by atoms with Crippen LogP contribution < -0.4 is 10.6 Å². The predicted molar refractivity (Wildman–Crippen MR) is 92.4 cm³/mol. The van der Waals surface area contributed by atoms with E-state index in [2.05, 4.69) is 10.6 Å². The van der Waals surface area contributed by atoms with Gasteiger partial charge in [0.1, 0.15) is 0 Å². The summed E-state index contributed by atoms with van der Waals surface area (Å²) >= 11 is 0. The Labute approximate surface area is 138 Å². The lowest BCUT2D eigenvalue weighted by Gasteiger charge is -2.23. The molecule has 2 amide bonds. The highest BCUT2D eigenvalue weighted by Gasteiger charge is 2.22. The molecule has 0 spiro atoms. The lowest BCUT2D eigenvalue weighted by Crippen LogP contribution is -2.41. The summed E-state index contributed by atoms with van der Waals surface area (Å²) in [5.74, 6) is -1.08. The summed E-state index contributed by atoms with van der Waals surface area (Å²) in [5.41, 5.74) is 2.39. The topological polar surface area (TPSA) is 78.4 Å². The molecular weight excluding hydrogens is 292 g/mol. The molecular formula is C18H28N2O3. The van der Waals surface area contributed by atoms with Crippen molar-refractivity contribution in [2.24, 2.45) is 5.41 Å². The van der Waals surface area contributed by atoms with E-state index in [1.165, 1.54) is 0 Å². The Morgan fingerprint density at radius 2 is 1.87 bits per heavy atom. The Morgan fingerprint density at radius 1 is 1.22 bits per heavy atom. The van der Waals surface area contributed by atoms with Gasteiger partial charge in [0.2, 0.25) is 0 Å². The molecule has 0 saturated carbocycles. The van der Waals surface area contributed by atoms with Gasteiger partial charge in [0.05, 0.1) is 0 Å². The first-order valence-electron chi connectivity index (χ1n) is 7.97. The highest BCUT2D eigenvalue weighted by atomic mass is 16.3. The van der Waals surface area contributed by atoms with Crippen LogP contribution in [-0.2, 0) is 9.59 Å². The SMILES string of the molecule is Cc1cccc(C(C)C)c1NC(=O)C(=O)NCC(C)(C)CCO. The van der Waals surface area contributed by atoms with Gasteiger partial charge in [-0.25, -0.2) is 0 Å². The molecule has 0 atom stereocenters. The number of carbonyl (C=O) groups is 2. The fourth-order valence-electron chi connectivity index (χ4n) is 2.30. The van der Waals surface area contributed by atoms with Crippen molar-refractivity contribution in [1.82, 2.24) is 5.32 Å². The molecule has 1 aromatic carbocycles. The van der Waals surface area contributed by atoms with E-state index >= 15 is 0 Å². The van der Waals surface area contributed by atoms with E-state index in [4.69, 9.17) is 5.11 Å². The van der Waals surface area contributed by atoms with Gasteiger partial charge in [-0.15, -0.1) is 0 Å². The van der Waals surface area contributed by atoms with Gasteiger partial charge in [-0.05, 0) is 35.8 Å². The second-order valence-corrected chi connectivity index (χ2v) is 6.97. The number of rotatable bonds is 6. The van der Waals surface area contributed by atoms with Crippen LogP contribution in [0.4, 0.5) is 5.69 Å². The van der Waals surface area contributed by atoms with Gasteiger partial charge in [-0.3, -0.25) is 9.59 Å². The van der Waals surface area contributed by atoms with E-state index in [0.29, 0.717) is 18.7 Å². The van der Waals surface area contributed by atoms with E-state index in [-0.39, 0.29) is 17.9 Å². The van der Waals surface area contributed by atoms with Crippen molar-refractivity contribution in [3.63, 3.8) is 0 Å². The number of amides is 2. The minimum Gasteiger partial charge on any atom is -0.396 e. The molecule has 0 unspecified atom stereocenters. The number of carbonyl (C=O) groups excluding carboxylic acids is 2. The third-order valence-electron chi connectivity index (χ3n) is 3.89. The average molecular weight is 320 g/mol. The van der Waals surface area contributed by atoms with E-state index in [0.717, 1.165) is 11.1 Å². The zero-order valence-electron chi connectivity index (χ0n) is 14.7. The van der Waals surface area contributed by atoms with Crippen LogP contribution in [0.25, 0.3) is 0 Å². The number of benzene rings is 1. The van der Waals surface area contributed by atoms with Gasteiger partial charge in [0.25, 0.3) is 0 Å². The first-order valence-corrected chi connectivity index (χ1v) is 7.97. The Hall–Kier alpha value is -1.88. The number of nitrogens with one attached hydrogen (secondary N) is 2. The number of anilines is 1. The Bertz CT molecular complexity index is 565. The van der Waals surface area contributed by atoms with Crippen molar-refractivity contribution in [1.29, 1.82) is 0 Å². The van der Waals surface area contributed by atoms with Crippen molar-refractivity contribution in [3.8, 4) is 0 Å². The molecule has 0 aliphatic rings. The first kappa shape index (κ1) is 19.2. The standard InChI is InChI=1S/C18H28N2O3/c1-12(2)14-8-6-7-13(3)15(14)20-17(23)16(22)19-11-18(4,5)9-10-21/h6-8,12,21H,9-11H2,1-5H3,(H,19,22)(H,20,23). The minimum atomic E-state index is -0.666. The van der Waals surface area contributed by atoms with Crippen LogP contribution in [0.3, 0.4) is 0 Å². The first-order chi connectivity index (χ1) is 10.7. The van der Waals surface area contributed by atoms with Crippen molar-refractivity contribution in [2.45, 2.75) is 47.0 Å². The maximum absolute atomic E-state index is 12.1. The van der Waals surface area contributed by atoms with Gasteiger partial charge < -0.3 is 15.7 Å². The summed E-state index contributed by atoms with van der Waals surface area (Å²) in [7, 11) is 0. The molecule has 23 heavy (non-hydrogen) atoms. The Morgan fingerprint density at radius 3 is 2.43 bits per heavy atom. The monoisotopic (exact) mass is 320 g/mol. The van der Waals surface area contributed by atoms with E-state index in [1.54, 1.807) is 0 Å². The van der Waals surface area contributed by atoms with Gasteiger partial charge in [0, 0.05) is 18.8 Å². The van der Waals surface area contributed by atoms with E-state index < -0.39 is 11.8 Å². The van der Waals surface area contributed by atoms with Crippen LogP contribution in [0.15, 0.2) is 18.2 Å². The molecule has 5 heteroatoms. The number of hydrogen-bond acceptors (Lipinski definition) is 3. The van der Waals surface area contributed by atoms with Crippen LogP contribution in [0.5, 0.6) is 0 Å². The molecule has 1 aromatic rings. The third-order valence-corrected chi connectivity index (χ3v) is 3.89. The Kier molecular flexibility index (Phi) is 6.76. The summed E-state index contributed by atoms with van der Waals surface area (Å²) in [5, 5.41) is 14.4. The molecule has 0 heterocycles.